The van der Waals surface area contributed by atoms with Gasteiger partial charge < -0.3 is 13.9 Å². The standard InChI is InChI=1S/C24H15Cl2F3O4/c1-13-5-7-14(8-6-13)32-22-21(30)16-10-9-15(11-20(16)33-23(22)24(27,28)29)31-12-17-18(25)3-2-4-19(17)26/h2-11H,12H2,1H3. The SMILES string of the molecule is Cc1ccc(Oc2c(C(F)(F)F)oc3cc(OCc4c(Cl)cccc4Cl)ccc3c2=O)cc1. The van der Waals surface area contributed by atoms with Crippen molar-refractivity contribution in [1.82, 2.24) is 0 Å². The molecule has 0 unspecified atom stereocenters. The smallest absolute Gasteiger partial charge is 0.453 e. The van der Waals surface area contributed by atoms with E-state index in [0.29, 0.717) is 15.6 Å². The highest BCUT2D eigenvalue weighted by molar-refractivity contribution is 6.35. The van der Waals surface area contributed by atoms with E-state index in [2.05, 4.69) is 0 Å². The van der Waals surface area contributed by atoms with Crippen molar-refractivity contribution >= 4 is 34.2 Å². The van der Waals surface area contributed by atoms with Gasteiger partial charge in [-0.3, -0.25) is 4.79 Å². The van der Waals surface area contributed by atoms with Gasteiger partial charge in [0.15, 0.2) is 0 Å². The van der Waals surface area contributed by atoms with Crippen LogP contribution >= 0.6 is 23.2 Å². The van der Waals surface area contributed by atoms with Crippen molar-refractivity contribution in [2.75, 3.05) is 0 Å². The normalized spacial score (nSPS) is 11.6. The summed E-state index contributed by atoms with van der Waals surface area (Å²) in [5.41, 5.74) is 0.144. The van der Waals surface area contributed by atoms with Crippen molar-refractivity contribution in [1.29, 1.82) is 0 Å². The highest BCUT2D eigenvalue weighted by Gasteiger charge is 2.40. The molecular weight excluding hydrogens is 480 g/mol. The summed E-state index contributed by atoms with van der Waals surface area (Å²) in [6.07, 6.45) is -4.96. The Balaban J connectivity index is 1.73. The maximum atomic E-state index is 13.7. The number of fused-ring (bicyclic) bond motifs is 1. The Morgan fingerprint density at radius 1 is 0.939 bits per heavy atom. The van der Waals surface area contributed by atoms with Crippen molar-refractivity contribution in [3.63, 3.8) is 0 Å². The average molecular weight is 495 g/mol. The first-order valence-corrected chi connectivity index (χ1v) is 10.4. The molecule has 4 aromatic rings. The summed E-state index contributed by atoms with van der Waals surface area (Å²) in [7, 11) is 0. The Kier molecular flexibility index (Phi) is 6.28. The summed E-state index contributed by atoms with van der Waals surface area (Å²) in [5.74, 6) is -2.22. The molecular formula is C24H15Cl2F3O4. The zero-order valence-corrected chi connectivity index (χ0v) is 18.5. The van der Waals surface area contributed by atoms with Gasteiger partial charge in [0.05, 0.1) is 5.39 Å². The second-order valence-electron chi connectivity index (χ2n) is 7.15. The Labute approximate surface area is 196 Å². The molecule has 4 rings (SSSR count). The molecule has 0 aliphatic carbocycles. The van der Waals surface area contributed by atoms with Gasteiger partial charge in [-0.2, -0.15) is 13.2 Å². The molecule has 1 aromatic heterocycles. The number of rotatable bonds is 5. The molecule has 33 heavy (non-hydrogen) atoms. The van der Waals surface area contributed by atoms with Crippen LogP contribution in [0.25, 0.3) is 11.0 Å². The van der Waals surface area contributed by atoms with Gasteiger partial charge in [-0.05, 0) is 43.3 Å². The number of hydrogen-bond acceptors (Lipinski definition) is 4. The maximum Gasteiger partial charge on any atom is 0.453 e. The number of hydrogen-bond donors (Lipinski definition) is 0. The molecule has 3 aromatic carbocycles. The van der Waals surface area contributed by atoms with E-state index in [1.165, 1.54) is 30.3 Å². The number of halogens is 5. The molecule has 0 radical (unpaired) electrons. The number of benzene rings is 3. The van der Waals surface area contributed by atoms with E-state index in [1.807, 2.05) is 6.92 Å². The van der Waals surface area contributed by atoms with Gasteiger partial charge in [-0.15, -0.1) is 0 Å². The van der Waals surface area contributed by atoms with Crippen molar-refractivity contribution in [3.8, 4) is 17.2 Å². The van der Waals surface area contributed by atoms with Crippen LogP contribution in [0, 0.1) is 6.92 Å². The van der Waals surface area contributed by atoms with E-state index in [1.54, 1.807) is 30.3 Å². The minimum absolute atomic E-state index is 0.0327. The molecule has 0 atom stereocenters. The van der Waals surface area contributed by atoms with Crippen molar-refractivity contribution in [3.05, 3.63) is 97.8 Å². The van der Waals surface area contributed by atoms with E-state index in [9.17, 15) is 18.0 Å². The minimum atomic E-state index is -4.96. The fourth-order valence-corrected chi connectivity index (χ4v) is 3.58. The fourth-order valence-electron chi connectivity index (χ4n) is 3.08. The van der Waals surface area contributed by atoms with Crippen LogP contribution in [0.3, 0.4) is 0 Å². The number of ether oxygens (including phenoxy) is 2. The number of aryl methyl sites for hydroxylation is 1. The first-order valence-electron chi connectivity index (χ1n) is 9.62. The monoisotopic (exact) mass is 494 g/mol. The van der Waals surface area contributed by atoms with E-state index in [4.69, 9.17) is 37.1 Å². The lowest BCUT2D eigenvalue weighted by Crippen LogP contribution is -2.15. The predicted molar refractivity (Wildman–Crippen MR) is 120 cm³/mol. The molecule has 0 saturated carbocycles. The Morgan fingerprint density at radius 2 is 1.58 bits per heavy atom. The molecule has 4 nitrogen and oxygen atoms in total. The first-order chi connectivity index (χ1) is 15.6. The predicted octanol–water partition coefficient (Wildman–Crippen LogP) is 7.80. The van der Waals surface area contributed by atoms with Gasteiger partial charge in [0.25, 0.3) is 5.76 Å². The Hall–Kier alpha value is -3.16. The third-order valence-corrected chi connectivity index (χ3v) is 5.47. The molecule has 0 fully saturated rings. The molecule has 0 aliphatic heterocycles. The van der Waals surface area contributed by atoms with Gasteiger partial charge in [0, 0.05) is 21.7 Å². The van der Waals surface area contributed by atoms with E-state index in [0.717, 1.165) is 5.56 Å². The molecule has 170 valence electrons. The van der Waals surface area contributed by atoms with Crippen LogP contribution in [-0.2, 0) is 12.8 Å². The zero-order valence-electron chi connectivity index (χ0n) is 17.0. The molecule has 0 amide bonds. The third-order valence-electron chi connectivity index (χ3n) is 4.77. The minimum Gasteiger partial charge on any atom is -0.489 e. The Bertz CT molecular complexity index is 1360. The summed E-state index contributed by atoms with van der Waals surface area (Å²) in [6, 6.07) is 15.1. The summed E-state index contributed by atoms with van der Waals surface area (Å²) >= 11 is 12.2. The van der Waals surface area contributed by atoms with Crippen LogP contribution in [0.5, 0.6) is 17.2 Å². The maximum absolute atomic E-state index is 13.7. The molecule has 0 N–H and O–H groups in total. The van der Waals surface area contributed by atoms with Crippen molar-refractivity contribution < 1.29 is 27.1 Å². The quantitative estimate of drug-likeness (QED) is 0.284. The first kappa shape index (κ1) is 23.0. The highest BCUT2D eigenvalue weighted by atomic mass is 35.5. The van der Waals surface area contributed by atoms with Crippen molar-refractivity contribution in [2.45, 2.75) is 19.7 Å². The van der Waals surface area contributed by atoms with Crippen LogP contribution in [0.2, 0.25) is 10.0 Å². The topological polar surface area (TPSA) is 48.7 Å². The summed E-state index contributed by atoms with van der Waals surface area (Å²) in [4.78, 5) is 12.9. The Morgan fingerprint density at radius 3 is 2.21 bits per heavy atom. The largest absolute Gasteiger partial charge is 0.489 e. The zero-order chi connectivity index (χ0) is 23.8. The highest BCUT2D eigenvalue weighted by Crippen LogP contribution is 2.39. The third kappa shape index (κ3) is 4.94. The van der Waals surface area contributed by atoms with Crippen LogP contribution in [0.1, 0.15) is 16.9 Å². The number of alkyl halides is 3. The lowest BCUT2D eigenvalue weighted by Gasteiger charge is -2.14. The van der Waals surface area contributed by atoms with Gasteiger partial charge in [0.2, 0.25) is 11.2 Å². The van der Waals surface area contributed by atoms with Gasteiger partial charge in [-0.25, -0.2) is 0 Å². The lowest BCUT2D eigenvalue weighted by atomic mass is 10.2. The van der Waals surface area contributed by atoms with E-state index >= 15 is 0 Å². The van der Waals surface area contributed by atoms with Crippen LogP contribution in [-0.4, -0.2) is 0 Å². The second-order valence-corrected chi connectivity index (χ2v) is 7.96. The molecule has 0 bridgehead atoms. The summed E-state index contributed by atoms with van der Waals surface area (Å²) in [6.45, 7) is 1.78. The van der Waals surface area contributed by atoms with E-state index < -0.39 is 23.1 Å². The molecule has 0 saturated heterocycles. The summed E-state index contributed by atoms with van der Waals surface area (Å²) < 4.78 is 57.1. The fraction of sp³-hybridized carbons (Fsp3) is 0.125. The molecule has 0 spiro atoms. The second kappa shape index (κ2) is 9.00. The average Bonchev–Trinajstić information content (AvgIpc) is 2.76. The van der Waals surface area contributed by atoms with Crippen LogP contribution < -0.4 is 14.9 Å². The summed E-state index contributed by atoms with van der Waals surface area (Å²) in [5, 5.41) is 0.674. The molecule has 1 heterocycles. The van der Waals surface area contributed by atoms with Gasteiger partial charge in [0.1, 0.15) is 23.7 Å². The van der Waals surface area contributed by atoms with E-state index in [-0.39, 0.29) is 29.1 Å². The van der Waals surface area contributed by atoms with Crippen LogP contribution in [0.15, 0.2) is 69.9 Å². The van der Waals surface area contributed by atoms with Gasteiger partial charge in [-0.1, -0.05) is 47.0 Å². The molecule has 0 aliphatic rings. The lowest BCUT2D eigenvalue weighted by molar-refractivity contribution is -0.154. The van der Waals surface area contributed by atoms with Gasteiger partial charge >= 0.3 is 6.18 Å². The molecule has 9 heteroatoms. The van der Waals surface area contributed by atoms with Crippen molar-refractivity contribution in [2.24, 2.45) is 0 Å². The van der Waals surface area contributed by atoms with Crippen LogP contribution in [0.4, 0.5) is 13.2 Å².